The molecule has 0 atom stereocenters. The summed E-state index contributed by atoms with van der Waals surface area (Å²) < 4.78 is 0. The van der Waals surface area contributed by atoms with Crippen LogP contribution in [0.25, 0.3) is 0 Å². The van der Waals surface area contributed by atoms with Gasteiger partial charge >= 0.3 is 0 Å². The monoisotopic (exact) mass is 333 g/mol. The molecule has 0 saturated carbocycles. The van der Waals surface area contributed by atoms with E-state index in [1.165, 1.54) is 11.1 Å². The number of hydrogen-bond donors (Lipinski definition) is 4. The molecule has 0 saturated heterocycles. The second-order valence-corrected chi connectivity index (χ2v) is 6.69. The fraction of sp³-hybridized carbons (Fsp3) is 0.389. The van der Waals surface area contributed by atoms with E-state index >= 15 is 0 Å². The first-order chi connectivity index (χ1) is 10.9. The van der Waals surface area contributed by atoms with Crippen molar-refractivity contribution in [1.29, 1.82) is 0 Å². The van der Waals surface area contributed by atoms with Crippen LogP contribution in [0.1, 0.15) is 40.2 Å². The zero-order valence-electron chi connectivity index (χ0n) is 14.9. The van der Waals surface area contributed by atoms with E-state index in [4.69, 9.17) is 11.5 Å². The molecule has 0 aromatic heterocycles. The lowest BCUT2D eigenvalue weighted by atomic mass is 9.95. The molecule has 0 spiro atoms. The molecule has 0 radical (unpaired) electrons. The minimum atomic E-state index is -1.23. The maximum Gasteiger partial charge on any atom is 0.218 e. The van der Waals surface area contributed by atoms with Crippen molar-refractivity contribution in [2.75, 3.05) is 10.6 Å². The second-order valence-electron chi connectivity index (χ2n) is 6.69. The Balaban J connectivity index is 3.39. The van der Waals surface area contributed by atoms with Gasteiger partial charge in [0.25, 0.3) is 0 Å². The number of aliphatic hydroxyl groups is 2. The van der Waals surface area contributed by atoms with Crippen molar-refractivity contribution in [2.24, 2.45) is 5.73 Å². The quantitative estimate of drug-likeness (QED) is 0.361. The van der Waals surface area contributed by atoms with E-state index in [1.807, 2.05) is 0 Å². The van der Waals surface area contributed by atoms with Gasteiger partial charge in [-0.3, -0.25) is 9.69 Å². The smallest absolute Gasteiger partial charge is 0.218 e. The molecule has 0 unspecified atom stereocenters. The van der Waals surface area contributed by atoms with Gasteiger partial charge in [-0.2, -0.15) is 0 Å². The van der Waals surface area contributed by atoms with Crippen LogP contribution in [-0.4, -0.2) is 22.2 Å². The molecule has 0 heterocycles. The molecule has 1 amide bonds. The molecular formula is C18H27N3O3. The van der Waals surface area contributed by atoms with Crippen LogP contribution >= 0.6 is 0 Å². The molecule has 1 aromatic carbocycles. The number of benzene rings is 1. The Morgan fingerprint density at radius 2 is 1.79 bits per heavy atom. The molecule has 6 nitrogen and oxygen atoms in total. The van der Waals surface area contributed by atoms with Gasteiger partial charge in [0.1, 0.15) is 0 Å². The number of nitrogen functional groups attached to an aromatic ring is 1. The lowest BCUT2D eigenvalue weighted by Gasteiger charge is -2.26. The Labute approximate surface area is 143 Å². The highest BCUT2D eigenvalue weighted by Crippen LogP contribution is 2.30. The van der Waals surface area contributed by atoms with Crippen LogP contribution < -0.4 is 16.4 Å². The number of rotatable bonds is 6. The molecule has 132 valence electrons. The van der Waals surface area contributed by atoms with Gasteiger partial charge in [0.05, 0.1) is 16.9 Å². The van der Waals surface area contributed by atoms with Gasteiger partial charge in [-0.1, -0.05) is 12.1 Å². The van der Waals surface area contributed by atoms with E-state index in [2.05, 4.69) is 0 Å². The second kappa shape index (κ2) is 7.07. The summed E-state index contributed by atoms with van der Waals surface area (Å²) in [6, 6.07) is 4.92. The Morgan fingerprint density at radius 1 is 1.21 bits per heavy atom. The maximum atomic E-state index is 11.5. The first kappa shape index (κ1) is 19.7. The van der Waals surface area contributed by atoms with Crippen molar-refractivity contribution in [3.05, 3.63) is 47.3 Å². The van der Waals surface area contributed by atoms with Gasteiger partial charge in [0.2, 0.25) is 6.41 Å². The van der Waals surface area contributed by atoms with Crippen LogP contribution in [-0.2, 0) is 10.4 Å². The largest absolute Gasteiger partial charge is 0.399 e. The van der Waals surface area contributed by atoms with Crippen molar-refractivity contribution in [2.45, 2.75) is 45.8 Å². The Kier molecular flexibility index (Phi) is 5.81. The molecule has 6 N–H and O–H groups in total. The van der Waals surface area contributed by atoms with E-state index in [1.54, 1.807) is 58.9 Å². The Hall–Kier alpha value is -2.31. The first-order valence-electron chi connectivity index (χ1n) is 7.64. The van der Waals surface area contributed by atoms with Crippen molar-refractivity contribution < 1.29 is 15.0 Å². The zero-order chi connectivity index (χ0) is 18.7. The van der Waals surface area contributed by atoms with Gasteiger partial charge in [0.15, 0.2) is 0 Å². The summed E-state index contributed by atoms with van der Waals surface area (Å²) in [6.07, 6.45) is 3.73. The first-order valence-corrected chi connectivity index (χ1v) is 7.64. The van der Waals surface area contributed by atoms with Crippen LogP contribution in [0, 0.1) is 0 Å². The summed E-state index contributed by atoms with van der Waals surface area (Å²) in [4.78, 5) is 12.8. The molecule has 0 bridgehead atoms. The molecule has 0 aliphatic rings. The molecule has 0 aliphatic heterocycles. The fourth-order valence-electron chi connectivity index (χ4n) is 2.31. The predicted octanol–water partition coefficient (Wildman–Crippen LogP) is 1.98. The molecule has 0 fully saturated rings. The van der Waals surface area contributed by atoms with Gasteiger partial charge in [0, 0.05) is 28.7 Å². The standard InChI is InChI=1S/C18H27N3O3/c1-6-15(19)14(18(4,5)24)10-21(11-22)12-7-8-13(16(20)9-12)17(2,3)23/h6-11,23-24H,19-20H2,1-5H3/b14-10+,15-6+. The number of nitrogens with zero attached hydrogens (tertiary/aromatic N) is 1. The minimum Gasteiger partial charge on any atom is -0.399 e. The summed E-state index contributed by atoms with van der Waals surface area (Å²) in [5.41, 5.74) is 11.8. The lowest BCUT2D eigenvalue weighted by molar-refractivity contribution is -0.107. The summed E-state index contributed by atoms with van der Waals surface area (Å²) in [7, 11) is 0. The van der Waals surface area contributed by atoms with Gasteiger partial charge in [-0.25, -0.2) is 0 Å². The number of nitrogens with two attached hydrogens (primary N) is 2. The topological polar surface area (TPSA) is 113 Å². The molecule has 0 aliphatic carbocycles. The third kappa shape index (κ3) is 4.59. The number of carbonyl (C=O) groups excluding carboxylic acids is 1. The number of hydrogen-bond acceptors (Lipinski definition) is 5. The summed E-state index contributed by atoms with van der Waals surface area (Å²) >= 11 is 0. The van der Waals surface area contributed by atoms with Gasteiger partial charge < -0.3 is 21.7 Å². The van der Waals surface area contributed by atoms with Gasteiger partial charge in [-0.15, -0.1) is 0 Å². The Bertz CT molecular complexity index is 665. The van der Waals surface area contributed by atoms with Crippen molar-refractivity contribution in [3.8, 4) is 0 Å². The SMILES string of the molecule is C/C=C(N)\C(=C/N(C=O)c1ccc(C(C)(C)O)c(N)c1)C(C)(C)O. The van der Waals surface area contributed by atoms with E-state index < -0.39 is 11.2 Å². The third-order valence-electron chi connectivity index (χ3n) is 3.66. The summed E-state index contributed by atoms with van der Waals surface area (Å²) in [6.45, 7) is 8.19. The average Bonchev–Trinajstić information content (AvgIpc) is 2.44. The summed E-state index contributed by atoms with van der Waals surface area (Å²) in [5.74, 6) is 0. The van der Waals surface area contributed by atoms with E-state index in [0.717, 1.165) is 0 Å². The van der Waals surface area contributed by atoms with Crippen LogP contribution in [0.5, 0.6) is 0 Å². The minimum absolute atomic E-state index is 0.365. The van der Waals surface area contributed by atoms with Crippen molar-refractivity contribution >= 4 is 17.8 Å². The van der Waals surface area contributed by atoms with Crippen molar-refractivity contribution in [1.82, 2.24) is 0 Å². The number of anilines is 2. The lowest BCUT2D eigenvalue weighted by Crippen LogP contribution is -2.29. The van der Waals surface area contributed by atoms with E-state index in [-0.39, 0.29) is 0 Å². The van der Waals surface area contributed by atoms with E-state index in [9.17, 15) is 15.0 Å². The molecule has 1 rings (SSSR count). The average molecular weight is 333 g/mol. The van der Waals surface area contributed by atoms with Crippen LogP contribution in [0.15, 0.2) is 41.7 Å². The molecular weight excluding hydrogens is 306 g/mol. The van der Waals surface area contributed by atoms with E-state index in [0.29, 0.717) is 34.6 Å². The van der Waals surface area contributed by atoms with Gasteiger partial charge in [-0.05, 0) is 46.8 Å². The van der Waals surface area contributed by atoms with Crippen LogP contribution in [0.4, 0.5) is 11.4 Å². The van der Waals surface area contributed by atoms with Crippen molar-refractivity contribution in [3.63, 3.8) is 0 Å². The highest BCUT2D eigenvalue weighted by atomic mass is 16.3. The normalized spacial score (nSPS) is 13.8. The molecule has 24 heavy (non-hydrogen) atoms. The molecule has 6 heteroatoms. The number of carbonyl (C=O) groups is 1. The van der Waals surface area contributed by atoms with Crippen LogP contribution in [0.3, 0.4) is 0 Å². The highest BCUT2D eigenvalue weighted by molar-refractivity contribution is 5.80. The summed E-state index contributed by atoms with van der Waals surface area (Å²) in [5, 5.41) is 20.4. The maximum absolute atomic E-state index is 11.5. The van der Waals surface area contributed by atoms with Crippen LogP contribution in [0.2, 0.25) is 0 Å². The number of allylic oxidation sites excluding steroid dienone is 1. The Morgan fingerprint density at radius 3 is 2.17 bits per heavy atom. The third-order valence-corrected chi connectivity index (χ3v) is 3.66. The number of amides is 1. The highest BCUT2D eigenvalue weighted by Gasteiger charge is 2.23. The zero-order valence-corrected chi connectivity index (χ0v) is 14.9. The molecule has 1 aromatic rings. The fourth-order valence-corrected chi connectivity index (χ4v) is 2.31. The predicted molar refractivity (Wildman–Crippen MR) is 97.0 cm³/mol.